The lowest BCUT2D eigenvalue weighted by Gasteiger charge is -2.25. The van der Waals surface area contributed by atoms with Crippen molar-refractivity contribution in [2.24, 2.45) is 4.99 Å². The molecule has 3 aromatic rings. The number of fused-ring (bicyclic) bond motifs is 1. The Hall–Kier alpha value is -3.19. The van der Waals surface area contributed by atoms with Gasteiger partial charge in [0.15, 0.2) is 0 Å². The molecule has 0 fully saturated rings. The summed E-state index contributed by atoms with van der Waals surface area (Å²) in [7, 11) is 2.19. The summed E-state index contributed by atoms with van der Waals surface area (Å²) in [5.74, 6) is 0.921. The van der Waals surface area contributed by atoms with Gasteiger partial charge in [0.1, 0.15) is 12.0 Å². The molecule has 0 radical (unpaired) electrons. The van der Waals surface area contributed by atoms with Crippen molar-refractivity contribution in [3.8, 4) is 0 Å². The first-order valence-electron chi connectivity index (χ1n) is 12.7. The fraction of sp³-hybridized carbons (Fsp3) is 0.345. The maximum absolute atomic E-state index is 4.64. The van der Waals surface area contributed by atoms with Crippen molar-refractivity contribution >= 4 is 11.5 Å². The zero-order valence-corrected chi connectivity index (χ0v) is 20.8. The monoisotopic (exact) mass is 468 g/mol. The Labute approximate surface area is 208 Å². The summed E-state index contributed by atoms with van der Waals surface area (Å²) >= 11 is 0. The molecule has 6 heteroatoms. The SMILES string of the molecule is CCC1N=C(c2ccc(CNCc3cccc(CNc4ccc5c(c4)CN(C)CC5)c3)cc2)NN1. The Morgan fingerprint density at radius 2 is 1.71 bits per heavy atom. The second-order valence-corrected chi connectivity index (χ2v) is 9.62. The van der Waals surface area contributed by atoms with Gasteiger partial charge in [0, 0.05) is 44.0 Å². The van der Waals surface area contributed by atoms with Gasteiger partial charge < -0.3 is 21.0 Å². The average molecular weight is 469 g/mol. The number of aliphatic imine (C=N–C) groups is 1. The number of amidine groups is 1. The largest absolute Gasteiger partial charge is 0.381 e. The number of anilines is 1. The summed E-state index contributed by atoms with van der Waals surface area (Å²) in [5.41, 5.74) is 15.5. The number of benzene rings is 3. The molecule has 2 heterocycles. The molecule has 0 amide bonds. The van der Waals surface area contributed by atoms with Gasteiger partial charge in [-0.2, -0.15) is 0 Å². The van der Waals surface area contributed by atoms with E-state index in [9.17, 15) is 0 Å². The Balaban J connectivity index is 1.11. The first-order valence-corrected chi connectivity index (χ1v) is 12.7. The Bertz CT molecular complexity index is 1170. The third kappa shape index (κ3) is 6.09. The van der Waals surface area contributed by atoms with Gasteiger partial charge in [-0.25, -0.2) is 10.4 Å². The molecule has 4 N–H and O–H groups in total. The van der Waals surface area contributed by atoms with Crippen LogP contribution in [-0.2, 0) is 32.6 Å². The molecule has 0 spiro atoms. The summed E-state index contributed by atoms with van der Waals surface area (Å²) in [6.45, 7) is 6.82. The lowest BCUT2D eigenvalue weighted by atomic mass is 9.99. The fourth-order valence-electron chi connectivity index (χ4n) is 4.71. The van der Waals surface area contributed by atoms with Gasteiger partial charge in [-0.05, 0) is 59.8 Å². The van der Waals surface area contributed by atoms with E-state index < -0.39 is 0 Å². The van der Waals surface area contributed by atoms with Crippen LogP contribution in [0.3, 0.4) is 0 Å². The number of nitrogens with one attached hydrogen (secondary N) is 4. The van der Waals surface area contributed by atoms with Crippen molar-refractivity contribution in [1.29, 1.82) is 0 Å². The van der Waals surface area contributed by atoms with Crippen LogP contribution in [0.25, 0.3) is 0 Å². The predicted octanol–water partition coefficient (Wildman–Crippen LogP) is 4.17. The minimum atomic E-state index is 0.164. The molecule has 35 heavy (non-hydrogen) atoms. The highest BCUT2D eigenvalue weighted by molar-refractivity contribution is 5.99. The number of rotatable bonds is 9. The Kier molecular flexibility index (Phi) is 7.42. The molecule has 0 saturated heterocycles. The summed E-state index contributed by atoms with van der Waals surface area (Å²) < 4.78 is 0. The van der Waals surface area contributed by atoms with Crippen molar-refractivity contribution in [3.63, 3.8) is 0 Å². The summed E-state index contributed by atoms with van der Waals surface area (Å²) in [6.07, 6.45) is 2.29. The Morgan fingerprint density at radius 1 is 0.914 bits per heavy atom. The molecular formula is C29H36N6. The van der Waals surface area contributed by atoms with E-state index in [1.165, 1.54) is 33.5 Å². The van der Waals surface area contributed by atoms with Crippen LogP contribution >= 0.6 is 0 Å². The number of nitrogens with zero attached hydrogens (tertiary/aromatic N) is 2. The van der Waals surface area contributed by atoms with Crippen LogP contribution in [0, 0.1) is 0 Å². The van der Waals surface area contributed by atoms with Crippen molar-refractivity contribution in [1.82, 2.24) is 21.1 Å². The standard InChI is InChI=1S/C29H36N6/c1-3-28-32-29(34-33-28)25-9-7-21(8-10-25)17-30-18-22-5-4-6-23(15-22)19-31-27-12-11-24-13-14-35(2)20-26(24)16-27/h4-12,15-16,28,30-31,33H,3,13-14,17-20H2,1-2H3,(H,32,34). The summed E-state index contributed by atoms with van der Waals surface area (Å²) in [6, 6.07) is 24.2. The van der Waals surface area contributed by atoms with E-state index in [-0.39, 0.29) is 6.17 Å². The van der Waals surface area contributed by atoms with Gasteiger partial charge >= 0.3 is 0 Å². The summed E-state index contributed by atoms with van der Waals surface area (Å²) in [4.78, 5) is 7.03. The van der Waals surface area contributed by atoms with Crippen molar-refractivity contribution < 1.29 is 0 Å². The molecular weight excluding hydrogens is 432 g/mol. The third-order valence-electron chi connectivity index (χ3n) is 6.81. The molecule has 0 aliphatic carbocycles. The maximum atomic E-state index is 4.64. The van der Waals surface area contributed by atoms with Gasteiger partial charge in [-0.15, -0.1) is 0 Å². The highest BCUT2D eigenvalue weighted by Crippen LogP contribution is 2.22. The topological polar surface area (TPSA) is 63.7 Å². The quantitative estimate of drug-likeness (QED) is 0.380. The van der Waals surface area contributed by atoms with E-state index in [0.29, 0.717) is 0 Å². The normalized spacial score (nSPS) is 17.5. The molecule has 6 nitrogen and oxygen atoms in total. The molecule has 3 aromatic carbocycles. The molecule has 1 atom stereocenters. The van der Waals surface area contributed by atoms with Gasteiger partial charge in [0.05, 0.1) is 0 Å². The summed E-state index contributed by atoms with van der Waals surface area (Å²) in [5, 5.41) is 7.19. The lowest BCUT2D eigenvalue weighted by Crippen LogP contribution is -2.34. The zero-order valence-electron chi connectivity index (χ0n) is 20.8. The van der Waals surface area contributed by atoms with Crippen LogP contribution in [0.2, 0.25) is 0 Å². The highest BCUT2D eigenvalue weighted by atomic mass is 15.5. The van der Waals surface area contributed by atoms with Crippen molar-refractivity contribution in [3.05, 3.63) is 100 Å². The van der Waals surface area contributed by atoms with E-state index in [0.717, 1.165) is 57.0 Å². The van der Waals surface area contributed by atoms with Gasteiger partial charge in [0.2, 0.25) is 0 Å². The second kappa shape index (κ2) is 11.0. The van der Waals surface area contributed by atoms with Crippen LogP contribution in [-0.4, -0.2) is 30.5 Å². The first-order chi connectivity index (χ1) is 17.2. The molecule has 0 bridgehead atoms. The van der Waals surface area contributed by atoms with Crippen LogP contribution in [0.15, 0.2) is 71.7 Å². The van der Waals surface area contributed by atoms with E-state index in [2.05, 4.69) is 112 Å². The number of hydrogen-bond acceptors (Lipinski definition) is 6. The van der Waals surface area contributed by atoms with E-state index >= 15 is 0 Å². The Morgan fingerprint density at radius 3 is 2.51 bits per heavy atom. The number of hydrazine groups is 1. The predicted molar refractivity (Wildman–Crippen MR) is 144 cm³/mol. The van der Waals surface area contributed by atoms with Crippen molar-refractivity contribution in [2.75, 3.05) is 18.9 Å². The van der Waals surface area contributed by atoms with Gasteiger partial charge in [0.25, 0.3) is 0 Å². The third-order valence-corrected chi connectivity index (χ3v) is 6.81. The molecule has 0 saturated carbocycles. The molecule has 5 rings (SSSR count). The maximum Gasteiger partial charge on any atom is 0.144 e. The molecule has 2 aliphatic rings. The number of likely N-dealkylation sites (N-methyl/N-ethyl adjacent to an activating group) is 1. The highest BCUT2D eigenvalue weighted by Gasteiger charge is 2.15. The smallest absolute Gasteiger partial charge is 0.144 e. The van der Waals surface area contributed by atoms with Crippen LogP contribution in [0.1, 0.15) is 46.7 Å². The second-order valence-electron chi connectivity index (χ2n) is 9.62. The molecule has 0 aromatic heterocycles. The molecule has 182 valence electrons. The van der Waals surface area contributed by atoms with Gasteiger partial charge in [-0.1, -0.05) is 61.5 Å². The van der Waals surface area contributed by atoms with Crippen LogP contribution < -0.4 is 21.5 Å². The van der Waals surface area contributed by atoms with E-state index in [4.69, 9.17) is 0 Å². The fourth-order valence-corrected chi connectivity index (χ4v) is 4.71. The molecule has 2 aliphatic heterocycles. The average Bonchev–Trinajstić information content (AvgIpc) is 3.37. The van der Waals surface area contributed by atoms with Crippen LogP contribution in [0.4, 0.5) is 5.69 Å². The first kappa shape index (κ1) is 23.5. The minimum Gasteiger partial charge on any atom is -0.381 e. The minimum absolute atomic E-state index is 0.164. The number of hydrogen-bond donors (Lipinski definition) is 4. The van der Waals surface area contributed by atoms with E-state index in [1.807, 2.05) is 0 Å². The molecule has 1 unspecified atom stereocenters. The lowest BCUT2D eigenvalue weighted by molar-refractivity contribution is 0.313. The zero-order chi connectivity index (χ0) is 24.0. The van der Waals surface area contributed by atoms with Crippen molar-refractivity contribution in [2.45, 2.75) is 52.1 Å². The van der Waals surface area contributed by atoms with Gasteiger partial charge in [-0.3, -0.25) is 0 Å². The van der Waals surface area contributed by atoms with E-state index in [1.54, 1.807) is 0 Å². The van der Waals surface area contributed by atoms with Crippen LogP contribution in [0.5, 0.6) is 0 Å².